The Morgan fingerprint density at radius 2 is 1.42 bits per heavy atom. The van der Waals surface area contributed by atoms with Crippen molar-refractivity contribution in [2.45, 2.75) is 93.7 Å². The van der Waals surface area contributed by atoms with Crippen LogP contribution in [0.4, 0.5) is 0 Å². The summed E-state index contributed by atoms with van der Waals surface area (Å²) in [5.41, 5.74) is -1.10. The van der Waals surface area contributed by atoms with Gasteiger partial charge in [-0.05, 0) is 38.0 Å². The van der Waals surface area contributed by atoms with Crippen LogP contribution in [0.1, 0.15) is 82.1 Å². The molecule has 0 saturated carbocycles. The van der Waals surface area contributed by atoms with Crippen LogP contribution in [-0.4, -0.2) is 35.1 Å². The van der Waals surface area contributed by atoms with Gasteiger partial charge in [-0.15, -0.1) is 0 Å². The number of hydrogen-bond donors (Lipinski definition) is 3. The molecule has 1 atom stereocenters. The maximum absolute atomic E-state index is 12.7. The lowest BCUT2D eigenvalue weighted by atomic mass is 9.68. The van der Waals surface area contributed by atoms with Gasteiger partial charge in [-0.25, -0.2) is 0 Å². The number of hydrogen-bond acceptors (Lipinski definition) is 3. The molecule has 5 nitrogen and oxygen atoms in total. The third-order valence-corrected chi connectivity index (χ3v) is 5.96. The highest BCUT2D eigenvalue weighted by Crippen LogP contribution is 2.39. The van der Waals surface area contributed by atoms with Crippen LogP contribution in [0.25, 0.3) is 0 Å². The van der Waals surface area contributed by atoms with Crippen molar-refractivity contribution in [1.29, 1.82) is 0 Å². The Morgan fingerprint density at radius 1 is 0.923 bits per heavy atom. The van der Waals surface area contributed by atoms with Gasteiger partial charge in [0, 0.05) is 16.9 Å². The maximum atomic E-state index is 12.7. The van der Waals surface area contributed by atoms with Crippen LogP contribution in [0.2, 0.25) is 0 Å². The van der Waals surface area contributed by atoms with Gasteiger partial charge in [0.25, 0.3) is 0 Å². The normalized spacial score (nSPS) is 14.5. The zero-order chi connectivity index (χ0) is 20.9. The third-order valence-electron chi connectivity index (χ3n) is 5.96. The average Bonchev–Trinajstić information content (AvgIpc) is 2.49. The minimum Gasteiger partial charge on any atom is -0.394 e. The van der Waals surface area contributed by atoms with E-state index in [0.29, 0.717) is 6.42 Å². The molecule has 26 heavy (non-hydrogen) atoms. The van der Waals surface area contributed by atoms with E-state index in [9.17, 15) is 14.7 Å². The van der Waals surface area contributed by atoms with E-state index >= 15 is 0 Å². The lowest BCUT2D eigenvalue weighted by Crippen LogP contribution is -2.55. The van der Waals surface area contributed by atoms with Gasteiger partial charge in [-0.2, -0.15) is 0 Å². The summed E-state index contributed by atoms with van der Waals surface area (Å²) in [6.07, 6.45) is 1.49. The predicted molar refractivity (Wildman–Crippen MR) is 108 cm³/mol. The lowest BCUT2D eigenvalue weighted by Gasteiger charge is -2.44. The number of nitrogens with one attached hydrogen (secondary N) is 2. The van der Waals surface area contributed by atoms with E-state index in [2.05, 4.69) is 24.5 Å². The van der Waals surface area contributed by atoms with E-state index in [-0.39, 0.29) is 47.3 Å². The SMILES string of the molecule is CC(C)C(=O)NC(C)(C)C(C)(C)CCC(C)(C)C(=O)N[C@@H](CO)C(C)C. The van der Waals surface area contributed by atoms with E-state index < -0.39 is 5.41 Å². The number of carbonyl (C=O) groups excluding carboxylic acids is 2. The van der Waals surface area contributed by atoms with Crippen molar-refractivity contribution in [3.8, 4) is 0 Å². The van der Waals surface area contributed by atoms with E-state index in [0.717, 1.165) is 6.42 Å². The summed E-state index contributed by atoms with van der Waals surface area (Å²) in [6, 6.07) is -0.225. The fourth-order valence-corrected chi connectivity index (χ4v) is 2.46. The Bertz CT molecular complexity index is 480. The number of aliphatic hydroxyl groups is 1. The molecule has 0 aliphatic carbocycles. The first-order chi connectivity index (χ1) is 11.6. The summed E-state index contributed by atoms with van der Waals surface area (Å²) in [7, 11) is 0. The molecule has 5 heteroatoms. The fourth-order valence-electron chi connectivity index (χ4n) is 2.46. The maximum Gasteiger partial charge on any atom is 0.225 e. The molecule has 0 spiro atoms. The largest absolute Gasteiger partial charge is 0.394 e. The van der Waals surface area contributed by atoms with Crippen molar-refractivity contribution in [3.63, 3.8) is 0 Å². The number of amides is 2. The molecule has 0 aromatic rings. The molecule has 2 amide bonds. The van der Waals surface area contributed by atoms with Crippen molar-refractivity contribution in [1.82, 2.24) is 10.6 Å². The van der Waals surface area contributed by atoms with Gasteiger partial charge >= 0.3 is 0 Å². The fraction of sp³-hybridized carbons (Fsp3) is 0.905. The van der Waals surface area contributed by atoms with Gasteiger partial charge < -0.3 is 15.7 Å². The molecule has 0 unspecified atom stereocenters. The molecule has 154 valence electrons. The van der Waals surface area contributed by atoms with Crippen LogP contribution in [0.3, 0.4) is 0 Å². The molecule has 0 rings (SSSR count). The molecule has 0 radical (unpaired) electrons. The number of carbonyl (C=O) groups is 2. The van der Waals surface area contributed by atoms with Crippen molar-refractivity contribution < 1.29 is 14.7 Å². The molecule has 0 aliphatic rings. The molecular formula is C21H42N2O3. The molecule has 0 saturated heterocycles. The van der Waals surface area contributed by atoms with Gasteiger partial charge in [0.2, 0.25) is 11.8 Å². The molecule has 0 bridgehead atoms. The van der Waals surface area contributed by atoms with Crippen molar-refractivity contribution in [2.75, 3.05) is 6.61 Å². The van der Waals surface area contributed by atoms with E-state index in [4.69, 9.17) is 0 Å². The highest BCUT2D eigenvalue weighted by atomic mass is 16.3. The molecule has 0 aromatic carbocycles. The van der Waals surface area contributed by atoms with Gasteiger partial charge in [0.1, 0.15) is 0 Å². The first-order valence-electron chi connectivity index (χ1n) is 9.81. The second kappa shape index (κ2) is 9.20. The Balaban J connectivity index is 5.00. The van der Waals surface area contributed by atoms with Gasteiger partial charge in [-0.1, -0.05) is 55.4 Å². The van der Waals surface area contributed by atoms with Crippen molar-refractivity contribution in [2.24, 2.45) is 22.7 Å². The molecule has 0 aromatic heterocycles. The van der Waals surface area contributed by atoms with Crippen molar-refractivity contribution in [3.05, 3.63) is 0 Å². The quantitative estimate of drug-likeness (QED) is 0.551. The molecule has 0 fully saturated rings. The van der Waals surface area contributed by atoms with Crippen LogP contribution >= 0.6 is 0 Å². The highest BCUT2D eigenvalue weighted by Gasteiger charge is 2.40. The Labute approximate surface area is 160 Å². The van der Waals surface area contributed by atoms with E-state index in [1.807, 2.05) is 55.4 Å². The smallest absolute Gasteiger partial charge is 0.225 e. The first kappa shape index (κ1) is 24.9. The topological polar surface area (TPSA) is 78.4 Å². The summed E-state index contributed by atoms with van der Waals surface area (Å²) in [5, 5.41) is 15.6. The minimum absolute atomic E-state index is 0.0370. The average molecular weight is 371 g/mol. The van der Waals surface area contributed by atoms with E-state index in [1.165, 1.54) is 0 Å². The van der Waals surface area contributed by atoms with Gasteiger partial charge in [0.05, 0.1) is 12.6 Å². The highest BCUT2D eigenvalue weighted by molar-refractivity contribution is 5.82. The summed E-state index contributed by atoms with van der Waals surface area (Å²) < 4.78 is 0. The summed E-state index contributed by atoms with van der Waals surface area (Å²) in [4.78, 5) is 24.8. The van der Waals surface area contributed by atoms with Gasteiger partial charge in [0.15, 0.2) is 0 Å². The second-order valence-corrected chi connectivity index (χ2v) is 10.0. The van der Waals surface area contributed by atoms with Crippen molar-refractivity contribution >= 4 is 11.8 Å². The first-order valence-corrected chi connectivity index (χ1v) is 9.81. The second-order valence-electron chi connectivity index (χ2n) is 10.0. The van der Waals surface area contributed by atoms with Crippen LogP contribution in [0.5, 0.6) is 0 Å². The monoisotopic (exact) mass is 370 g/mol. The molecule has 3 N–H and O–H groups in total. The summed E-state index contributed by atoms with van der Waals surface area (Å²) >= 11 is 0. The van der Waals surface area contributed by atoms with E-state index in [1.54, 1.807) is 0 Å². The van der Waals surface area contributed by atoms with Crippen LogP contribution in [0.15, 0.2) is 0 Å². The van der Waals surface area contributed by atoms with Crippen LogP contribution in [0, 0.1) is 22.7 Å². The molecule has 0 heterocycles. The summed E-state index contributed by atoms with van der Waals surface area (Å²) in [6.45, 7) is 19.9. The Kier molecular flexibility index (Phi) is 8.82. The number of aliphatic hydroxyl groups excluding tert-OH is 1. The third kappa shape index (κ3) is 6.90. The minimum atomic E-state index is -0.544. The number of rotatable bonds is 10. The Morgan fingerprint density at radius 3 is 1.81 bits per heavy atom. The zero-order valence-electron chi connectivity index (χ0n) is 18.6. The van der Waals surface area contributed by atoms with Gasteiger partial charge in [-0.3, -0.25) is 9.59 Å². The van der Waals surface area contributed by atoms with Crippen LogP contribution < -0.4 is 10.6 Å². The lowest BCUT2D eigenvalue weighted by molar-refractivity contribution is -0.132. The molecule has 0 aliphatic heterocycles. The standard InChI is InChI=1S/C21H42N2O3/c1-14(2)16(13-24)22-18(26)19(5,6)11-12-20(7,8)21(9,10)23-17(25)15(3)4/h14-16,24H,11-13H2,1-10H3,(H,22,26)(H,23,25)/t16-/m0/s1. The molecular weight excluding hydrogens is 328 g/mol. The Hall–Kier alpha value is -1.10. The predicted octanol–water partition coefficient (Wildman–Crippen LogP) is 3.50. The van der Waals surface area contributed by atoms with Crippen LogP contribution in [-0.2, 0) is 9.59 Å². The summed E-state index contributed by atoms with van der Waals surface area (Å²) in [5.74, 6) is 0.132. The zero-order valence-corrected chi connectivity index (χ0v) is 18.6.